The summed E-state index contributed by atoms with van der Waals surface area (Å²) in [6.07, 6.45) is 4.03. The number of amides is 2. The zero-order valence-corrected chi connectivity index (χ0v) is 25.4. The van der Waals surface area contributed by atoms with Crippen molar-refractivity contribution in [1.29, 1.82) is 5.26 Å². The van der Waals surface area contributed by atoms with Crippen molar-refractivity contribution < 1.29 is 14.3 Å². The predicted octanol–water partition coefficient (Wildman–Crippen LogP) is 5.42. The molecule has 1 unspecified atom stereocenters. The van der Waals surface area contributed by atoms with E-state index in [0.717, 1.165) is 41.7 Å². The van der Waals surface area contributed by atoms with Gasteiger partial charge in [0, 0.05) is 44.6 Å². The molecule has 1 saturated heterocycles. The van der Waals surface area contributed by atoms with Gasteiger partial charge in [-0.25, -0.2) is 0 Å². The number of carbonyl (C=O) groups is 2. The lowest BCUT2D eigenvalue weighted by Crippen LogP contribution is -2.46. The number of nitriles is 1. The van der Waals surface area contributed by atoms with Crippen molar-refractivity contribution in [2.75, 3.05) is 19.6 Å². The summed E-state index contributed by atoms with van der Waals surface area (Å²) in [5.74, 6) is 1.34. The Morgan fingerprint density at radius 2 is 1.60 bits per heavy atom. The molecule has 1 aliphatic rings. The molecule has 2 N–H and O–H groups in total. The molecule has 0 aromatic heterocycles. The van der Waals surface area contributed by atoms with Crippen molar-refractivity contribution in [2.45, 2.75) is 71.1 Å². The quantitative estimate of drug-likeness (QED) is 0.265. The van der Waals surface area contributed by atoms with Crippen molar-refractivity contribution >= 4 is 11.8 Å². The van der Waals surface area contributed by atoms with Gasteiger partial charge < -0.3 is 20.3 Å². The lowest BCUT2D eigenvalue weighted by atomic mass is 9.92. The first-order valence-corrected chi connectivity index (χ1v) is 15.4. The van der Waals surface area contributed by atoms with Gasteiger partial charge in [0.2, 0.25) is 11.8 Å². The largest absolute Gasteiger partial charge is 0.489 e. The average Bonchev–Trinajstić information content (AvgIpc) is 3.03. The zero-order valence-electron chi connectivity index (χ0n) is 25.4. The third kappa shape index (κ3) is 10.9. The molecule has 7 nitrogen and oxygen atoms in total. The zero-order chi connectivity index (χ0) is 30.4. The Morgan fingerprint density at radius 3 is 2.26 bits per heavy atom. The van der Waals surface area contributed by atoms with Crippen molar-refractivity contribution in [3.63, 3.8) is 0 Å². The van der Waals surface area contributed by atoms with Crippen LogP contribution in [0.4, 0.5) is 0 Å². The van der Waals surface area contributed by atoms with Crippen LogP contribution >= 0.6 is 0 Å². The van der Waals surface area contributed by atoms with Gasteiger partial charge in [-0.3, -0.25) is 9.59 Å². The predicted molar refractivity (Wildman–Crippen MR) is 169 cm³/mol. The van der Waals surface area contributed by atoms with Gasteiger partial charge in [-0.15, -0.1) is 0 Å². The summed E-state index contributed by atoms with van der Waals surface area (Å²) in [6, 6.07) is 28.1. The molecule has 3 aromatic rings. The Labute approximate surface area is 256 Å². The lowest BCUT2D eigenvalue weighted by Gasteiger charge is -2.32. The first-order chi connectivity index (χ1) is 20.9. The molecule has 0 saturated carbocycles. The second kappa shape index (κ2) is 16.5. The number of benzene rings is 3. The first kappa shape index (κ1) is 31.8. The van der Waals surface area contributed by atoms with Crippen LogP contribution in [0.3, 0.4) is 0 Å². The minimum absolute atomic E-state index is 0.0186. The number of piperidine rings is 1. The number of carbonyl (C=O) groups excluding carboxylic acids is 2. The van der Waals surface area contributed by atoms with E-state index in [0.29, 0.717) is 57.1 Å². The second-order valence-corrected chi connectivity index (χ2v) is 11.8. The molecule has 7 heteroatoms. The van der Waals surface area contributed by atoms with Crippen LogP contribution in [0.1, 0.15) is 61.8 Å². The third-order valence-corrected chi connectivity index (χ3v) is 7.94. The fraction of sp³-hybridized carbons (Fsp3) is 0.417. The van der Waals surface area contributed by atoms with E-state index in [4.69, 9.17) is 10.00 Å². The van der Waals surface area contributed by atoms with E-state index < -0.39 is 0 Å². The molecule has 3 aromatic carbocycles. The van der Waals surface area contributed by atoms with E-state index in [2.05, 4.69) is 42.7 Å². The molecule has 0 bridgehead atoms. The average molecular weight is 581 g/mol. The highest BCUT2D eigenvalue weighted by molar-refractivity contribution is 5.77. The summed E-state index contributed by atoms with van der Waals surface area (Å²) in [7, 11) is 0. The van der Waals surface area contributed by atoms with E-state index >= 15 is 0 Å². The number of aryl methyl sites for hydroxylation is 1. The van der Waals surface area contributed by atoms with Gasteiger partial charge in [0.25, 0.3) is 0 Å². The fourth-order valence-electron chi connectivity index (χ4n) is 5.39. The van der Waals surface area contributed by atoms with E-state index in [-0.39, 0.29) is 23.8 Å². The van der Waals surface area contributed by atoms with Crippen LogP contribution in [0.15, 0.2) is 78.9 Å². The number of nitrogens with zero attached hydrogens (tertiary/aromatic N) is 2. The van der Waals surface area contributed by atoms with Crippen molar-refractivity contribution in [1.82, 2.24) is 15.5 Å². The molecule has 0 radical (unpaired) electrons. The van der Waals surface area contributed by atoms with Crippen LogP contribution in [0.2, 0.25) is 0 Å². The molecule has 4 rings (SSSR count). The Balaban J connectivity index is 1.20. The molecule has 1 aliphatic heterocycles. The number of hydrogen-bond acceptors (Lipinski definition) is 5. The van der Waals surface area contributed by atoms with Crippen molar-refractivity contribution in [2.24, 2.45) is 5.92 Å². The van der Waals surface area contributed by atoms with Crippen LogP contribution in [0.5, 0.6) is 5.75 Å². The SMILES string of the molecule is CC(C)NCC(Cc1ccc(OCc2ccccc2)cc1)NC(=O)CC1CCN(C(=O)CCc2ccc(C#N)cc2)CC1. The summed E-state index contributed by atoms with van der Waals surface area (Å²) >= 11 is 0. The van der Waals surface area contributed by atoms with Crippen LogP contribution in [0, 0.1) is 17.2 Å². The highest BCUT2D eigenvalue weighted by Gasteiger charge is 2.25. The lowest BCUT2D eigenvalue weighted by molar-refractivity contribution is -0.132. The van der Waals surface area contributed by atoms with E-state index in [1.54, 1.807) is 12.1 Å². The van der Waals surface area contributed by atoms with Gasteiger partial charge in [-0.05, 0) is 72.6 Å². The summed E-state index contributed by atoms with van der Waals surface area (Å²) in [6.45, 7) is 6.83. The Kier molecular flexibility index (Phi) is 12.2. The van der Waals surface area contributed by atoms with Gasteiger partial charge in [0.1, 0.15) is 12.4 Å². The molecule has 0 spiro atoms. The minimum atomic E-state index is -0.0186. The monoisotopic (exact) mass is 580 g/mol. The topological polar surface area (TPSA) is 94.5 Å². The number of rotatable bonds is 14. The maximum Gasteiger partial charge on any atom is 0.222 e. The van der Waals surface area contributed by atoms with E-state index in [1.165, 1.54) is 0 Å². The molecule has 2 amide bonds. The van der Waals surface area contributed by atoms with E-state index in [9.17, 15) is 9.59 Å². The number of nitrogens with one attached hydrogen (secondary N) is 2. The highest BCUT2D eigenvalue weighted by atomic mass is 16.5. The molecule has 43 heavy (non-hydrogen) atoms. The minimum Gasteiger partial charge on any atom is -0.489 e. The van der Waals surface area contributed by atoms with Crippen LogP contribution in [0.25, 0.3) is 0 Å². The molecule has 1 heterocycles. The standard InChI is InChI=1S/C36H44N4O3/c1-27(2)38-25-33(22-29-12-15-34(16-13-29)43-26-32-6-4-3-5-7-32)39-35(41)23-30-18-20-40(21-19-30)36(42)17-14-28-8-10-31(24-37)11-9-28/h3-13,15-16,27,30,33,38H,14,17-23,25-26H2,1-2H3,(H,39,41). The van der Waals surface area contributed by atoms with Crippen LogP contribution in [-0.2, 0) is 29.0 Å². The van der Waals surface area contributed by atoms with Crippen LogP contribution < -0.4 is 15.4 Å². The van der Waals surface area contributed by atoms with Gasteiger partial charge in [-0.1, -0.05) is 68.4 Å². The number of ether oxygens (including phenoxy) is 1. The van der Waals surface area contributed by atoms with Crippen molar-refractivity contribution in [3.05, 3.63) is 101 Å². The Bertz CT molecular complexity index is 1330. The molecular weight excluding hydrogens is 536 g/mol. The molecule has 1 fully saturated rings. The Morgan fingerprint density at radius 1 is 0.930 bits per heavy atom. The van der Waals surface area contributed by atoms with Crippen LogP contribution in [-0.4, -0.2) is 48.4 Å². The van der Waals surface area contributed by atoms with Crippen molar-refractivity contribution in [3.8, 4) is 11.8 Å². The molecule has 226 valence electrons. The highest BCUT2D eigenvalue weighted by Crippen LogP contribution is 2.22. The number of likely N-dealkylation sites (tertiary alicyclic amines) is 1. The molecule has 0 aliphatic carbocycles. The summed E-state index contributed by atoms with van der Waals surface area (Å²) in [5.41, 5.74) is 3.97. The maximum atomic E-state index is 13.1. The summed E-state index contributed by atoms with van der Waals surface area (Å²) in [5, 5.41) is 15.7. The Hall–Kier alpha value is -4.15. The third-order valence-electron chi connectivity index (χ3n) is 7.94. The summed E-state index contributed by atoms with van der Waals surface area (Å²) < 4.78 is 5.93. The molecule has 1 atom stereocenters. The first-order valence-electron chi connectivity index (χ1n) is 15.4. The van der Waals surface area contributed by atoms with E-state index in [1.807, 2.05) is 59.5 Å². The van der Waals surface area contributed by atoms with Gasteiger partial charge in [0.15, 0.2) is 0 Å². The molecular formula is C36H44N4O3. The fourth-order valence-corrected chi connectivity index (χ4v) is 5.39. The second-order valence-electron chi connectivity index (χ2n) is 11.8. The smallest absolute Gasteiger partial charge is 0.222 e. The van der Waals surface area contributed by atoms with Gasteiger partial charge >= 0.3 is 0 Å². The normalized spacial score (nSPS) is 14.2. The number of hydrogen-bond donors (Lipinski definition) is 2. The van der Waals surface area contributed by atoms with Gasteiger partial charge in [0.05, 0.1) is 11.6 Å². The van der Waals surface area contributed by atoms with Gasteiger partial charge in [-0.2, -0.15) is 5.26 Å². The maximum absolute atomic E-state index is 13.1. The summed E-state index contributed by atoms with van der Waals surface area (Å²) in [4.78, 5) is 27.8.